The Balaban J connectivity index is 2.03. The fraction of sp³-hybridized carbons (Fsp3) is 0.571. The third-order valence-corrected chi connectivity index (χ3v) is 3.56. The Labute approximate surface area is 111 Å². The van der Waals surface area contributed by atoms with Gasteiger partial charge in [-0.2, -0.15) is 13.2 Å². The molecule has 1 N–H and O–H groups in total. The second kappa shape index (κ2) is 5.51. The number of halogens is 3. The zero-order chi connectivity index (χ0) is 14.0. The second-order valence-corrected chi connectivity index (χ2v) is 5.28. The van der Waals surface area contributed by atoms with Gasteiger partial charge in [-0.05, 0) is 31.5 Å². The summed E-state index contributed by atoms with van der Waals surface area (Å²) in [6, 6.07) is 6.28. The lowest BCUT2D eigenvalue weighted by Crippen LogP contribution is -2.53. The molecule has 1 aromatic rings. The molecular weight excluding hydrogens is 253 g/mol. The van der Waals surface area contributed by atoms with Crippen LogP contribution < -0.4 is 5.32 Å². The first-order chi connectivity index (χ1) is 8.86. The summed E-state index contributed by atoms with van der Waals surface area (Å²) in [5.74, 6) is 0. The minimum atomic E-state index is -4.25. The highest BCUT2D eigenvalue weighted by Crippen LogP contribution is 2.29. The molecule has 1 aromatic carbocycles. The molecule has 1 aliphatic heterocycles. The molecule has 2 atom stereocenters. The molecule has 0 saturated carbocycles. The van der Waals surface area contributed by atoms with Gasteiger partial charge in [0.1, 0.15) is 0 Å². The van der Waals surface area contributed by atoms with Crippen LogP contribution in [0.2, 0.25) is 0 Å². The predicted molar refractivity (Wildman–Crippen MR) is 68.8 cm³/mol. The lowest BCUT2D eigenvalue weighted by atomic mass is 10.1. The Kier molecular flexibility index (Phi) is 4.16. The van der Waals surface area contributed by atoms with Crippen molar-refractivity contribution in [1.29, 1.82) is 0 Å². The SMILES string of the molecule is C[C@@H]1CN(Cc2ccc(C(F)(F)F)cc2)[C@@H](C)CN1. The topological polar surface area (TPSA) is 15.3 Å². The van der Waals surface area contributed by atoms with Crippen LogP contribution in [0.4, 0.5) is 13.2 Å². The summed E-state index contributed by atoms with van der Waals surface area (Å²) in [5, 5.41) is 3.39. The van der Waals surface area contributed by atoms with Crippen molar-refractivity contribution in [2.75, 3.05) is 13.1 Å². The maximum atomic E-state index is 12.5. The van der Waals surface area contributed by atoms with Crippen molar-refractivity contribution in [3.63, 3.8) is 0 Å². The number of hydrogen-bond donors (Lipinski definition) is 1. The third-order valence-electron chi connectivity index (χ3n) is 3.56. The zero-order valence-corrected chi connectivity index (χ0v) is 11.2. The van der Waals surface area contributed by atoms with Gasteiger partial charge in [-0.15, -0.1) is 0 Å². The van der Waals surface area contributed by atoms with Gasteiger partial charge in [0.25, 0.3) is 0 Å². The van der Waals surface area contributed by atoms with Crippen LogP contribution in [0.1, 0.15) is 25.0 Å². The number of nitrogens with one attached hydrogen (secondary N) is 1. The normalized spacial score (nSPS) is 25.5. The van der Waals surface area contributed by atoms with E-state index in [0.29, 0.717) is 18.6 Å². The van der Waals surface area contributed by atoms with Crippen molar-refractivity contribution < 1.29 is 13.2 Å². The number of nitrogens with zero attached hydrogens (tertiary/aromatic N) is 1. The first-order valence-electron chi connectivity index (χ1n) is 6.50. The molecular formula is C14H19F3N2. The van der Waals surface area contributed by atoms with Crippen molar-refractivity contribution in [2.45, 2.75) is 38.7 Å². The van der Waals surface area contributed by atoms with Gasteiger partial charge >= 0.3 is 6.18 Å². The molecule has 1 saturated heterocycles. The van der Waals surface area contributed by atoms with Crippen molar-refractivity contribution >= 4 is 0 Å². The fourth-order valence-electron chi connectivity index (χ4n) is 2.35. The lowest BCUT2D eigenvalue weighted by molar-refractivity contribution is -0.137. The molecule has 0 aromatic heterocycles. The lowest BCUT2D eigenvalue weighted by Gasteiger charge is -2.37. The van der Waals surface area contributed by atoms with E-state index >= 15 is 0 Å². The quantitative estimate of drug-likeness (QED) is 0.890. The highest BCUT2D eigenvalue weighted by atomic mass is 19.4. The van der Waals surface area contributed by atoms with E-state index in [-0.39, 0.29) is 0 Å². The van der Waals surface area contributed by atoms with Crippen molar-refractivity contribution in [1.82, 2.24) is 10.2 Å². The Hall–Kier alpha value is -1.07. The van der Waals surface area contributed by atoms with Crippen molar-refractivity contribution in [2.24, 2.45) is 0 Å². The minimum absolute atomic E-state index is 0.401. The van der Waals surface area contributed by atoms with Gasteiger partial charge in [-0.25, -0.2) is 0 Å². The minimum Gasteiger partial charge on any atom is -0.311 e. The van der Waals surface area contributed by atoms with E-state index in [2.05, 4.69) is 24.1 Å². The smallest absolute Gasteiger partial charge is 0.311 e. The Morgan fingerprint density at radius 3 is 2.42 bits per heavy atom. The molecule has 106 valence electrons. The number of hydrogen-bond acceptors (Lipinski definition) is 2. The largest absolute Gasteiger partial charge is 0.416 e. The first kappa shape index (κ1) is 14.3. The Morgan fingerprint density at radius 2 is 1.84 bits per heavy atom. The summed E-state index contributed by atoms with van der Waals surface area (Å²) in [7, 11) is 0. The van der Waals surface area contributed by atoms with Crippen molar-refractivity contribution in [3.8, 4) is 0 Å². The van der Waals surface area contributed by atoms with E-state index in [1.165, 1.54) is 0 Å². The van der Waals surface area contributed by atoms with Gasteiger partial charge in [0.2, 0.25) is 0 Å². The van der Waals surface area contributed by atoms with Gasteiger partial charge in [-0.1, -0.05) is 12.1 Å². The molecule has 1 fully saturated rings. The summed E-state index contributed by atoms with van der Waals surface area (Å²) < 4.78 is 37.4. The van der Waals surface area contributed by atoms with Crippen LogP contribution in [-0.4, -0.2) is 30.1 Å². The van der Waals surface area contributed by atoms with Crippen molar-refractivity contribution in [3.05, 3.63) is 35.4 Å². The summed E-state index contributed by atoms with van der Waals surface area (Å²) in [4.78, 5) is 2.30. The van der Waals surface area contributed by atoms with Crippen LogP contribution in [0.25, 0.3) is 0 Å². The highest BCUT2D eigenvalue weighted by Gasteiger charge is 2.30. The molecule has 0 unspecified atom stereocenters. The van der Waals surface area contributed by atoms with Crippen LogP contribution in [0.5, 0.6) is 0 Å². The van der Waals surface area contributed by atoms with Gasteiger partial charge in [0, 0.05) is 31.7 Å². The molecule has 0 spiro atoms. The average Bonchev–Trinajstić information content (AvgIpc) is 2.33. The molecule has 0 radical (unpaired) electrons. The van der Waals surface area contributed by atoms with Gasteiger partial charge in [-0.3, -0.25) is 4.90 Å². The van der Waals surface area contributed by atoms with Gasteiger partial charge < -0.3 is 5.32 Å². The summed E-state index contributed by atoms with van der Waals surface area (Å²) in [6.07, 6.45) is -4.25. The van der Waals surface area contributed by atoms with Gasteiger partial charge in [0.15, 0.2) is 0 Å². The van der Waals surface area contributed by atoms with E-state index in [1.807, 2.05) is 0 Å². The van der Waals surface area contributed by atoms with Crippen LogP contribution in [0, 0.1) is 0 Å². The Morgan fingerprint density at radius 1 is 1.21 bits per heavy atom. The average molecular weight is 272 g/mol. The fourth-order valence-corrected chi connectivity index (χ4v) is 2.35. The second-order valence-electron chi connectivity index (χ2n) is 5.28. The van der Waals surface area contributed by atoms with E-state index in [0.717, 1.165) is 30.8 Å². The monoisotopic (exact) mass is 272 g/mol. The number of rotatable bonds is 2. The summed E-state index contributed by atoms with van der Waals surface area (Å²) >= 11 is 0. The molecule has 0 aliphatic carbocycles. The van der Waals surface area contributed by atoms with Crippen LogP contribution >= 0.6 is 0 Å². The maximum Gasteiger partial charge on any atom is 0.416 e. The third kappa shape index (κ3) is 3.70. The Bertz CT molecular complexity index is 414. The summed E-state index contributed by atoms with van der Waals surface area (Å²) in [5.41, 5.74) is 0.340. The van der Waals surface area contributed by atoms with Crippen LogP contribution in [0.3, 0.4) is 0 Å². The molecule has 5 heteroatoms. The van der Waals surface area contributed by atoms with Gasteiger partial charge in [0.05, 0.1) is 5.56 Å². The number of piperazine rings is 1. The van der Waals surface area contributed by atoms with Crippen LogP contribution in [-0.2, 0) is 12.7 Å². The van der Waals surface area contributed by atoms with E-state index in [4.69, 9.17) is 0 Å². The predicted octanol–water partition coefficient (Wildman–Crippen LogP) is 2.89. The maximum absolute atomic E-state index is 12.5. The summed E-state index contributed by atoms with van der Waals surface area (Å²) in [6.45, 7) is 6.78. The standard InChI is InChI=1S/C14H19F3N2/c1-10-8-19(11(2)7-18-10)9-12-3-5-13(6-4-12)14(15,16)17/h3-6,10-11,18H,7-9H2,1-2H3/t10-,11+/m1/s1. The van der Waals surface area contributed by atoms with E-state index < -0.39 is 11.7 Å². The molecule has 0 amide bonds. The molecule has 2 rings (SSSR count). The molecule has 0 bridgehead atoms. The number of benzene rings is 1. The molecule has 19 heavy (non-hydrogen) atoms. The zero-order valence-electron chi connectivity index (χ0n) is 11.2. The molecule has 2 nitrogen and oxygen atoms in total. The molecule has 1 heterocycles. The molecule has 1 aliphatic rings. The highest BCUT2D eigenvalue weighted by molar-refractivity contribution is 5.24. The van der Waals surface area contributed by atoms with E-state index in [1.54, 1.807) is 12.1 Å². The van der Waals surface area contributed by atoms with Crippen LogP contribution in [0.15, 0.2) is 24.3 Å². The number of alkyl halides is 3. The van der Waals surface area contributed by atoms with E-state index in [9.17, 15) is 13.2 Å². The first-order valence-corrected chi connectivity index (χ1v) is 6.50.